The second kappa shape index (κ2) is 6.76. The van der Waals surface area contributed by atoms with Gasteiger partial charge >= 0.3 is 0 Å². The van der Waals surface area contributed by atoms with Gasteiger partial charge in [0, 0.05) is 11.8 Å². The number of ether oxygens (including phenoxy) is 2. The summed E-state index contributed by atoms with van der Waals surface area (Å²) in [5, 5.41) is 15.1. The summed E-state index contributed by atoms with van der Waals surface area (Å²) in [6.45, 7) is 4.05. The summed E-state index contributed by atoms with van der Waals surface area (Å²) in [6, 6.07) is 4.02. The molecule has 0 spiro atoms. The van der Waals surface area contributed by atoms with E-state index in [9.17, 15) is 14.7 Å². The molecule has 1 aromatic rings. The molecular weight excluding hydrogens is 276 g/mol. The van der Waals surface area contributed by atoms with E-state index >= 15 is 0 Å². The Kier molecular flexibility index (Phi) is 4.78. The van der Waals surface area contributed by atoms with Crippen LogP contribution >= 0.6 is 0 Å². The molecule has 112 valence electrons. The molecule has 1 heterocycles. The third kappa shape index (κ3) is 3.96. The second-order valence-corrected chi connectivity index (χ2v) is 4.51. The summed E-state index contributed by atoms with van der Waals surface area (Å²) >= 11 is 0. The molecule has 7 heteroatoms. The van der Waals surface area contributed by atoms with Crippen LogP contribution < -0.4 is 25.2 Å². The molecule has 7 nitrogen and oxygen atoms in total. The Morgan fingerprint density at radius 2 is 2.19 bits per heavy atom. The molecule has 1 amide bonds. The van der Waals surface area contributed by atoms with E-state index in [4.69, 9.17) is 9.47 Å². The maximum absolute atomic E-state index is 11.9. The summed E-state index contributed by atoms with van der Waals surface area (Å²) in [7, 11) is 0. The number of fused-ring (bicyclic) bond motifs is 1. The Morgan fingerprint density at radius 3 is 2.90 bits per heavy atom. The number of carboxylic acid groups (broad SMARTS) is 1. The fraction of sp³-hybridized carbons (Fsp3) is 0.286. The van der Waals surface area contributed by atoms with E-state index < -0.39 is 17.9 Å². The highest BCUT2D eigenvalue weighted by Gasteiger charge is 2.19. The van der Waals surface area contributed by atoms with Crippen molar-refractivity contribution in [3.8, 4) is 11.5 Å². The molecule has 0 aromatic heterocycles. The SMILES string of the molecule is C=CC[NH2+][C@H](CC(=O)Nc1ccc2c(c1)OCO2)C(=O)[O-]. The molecule has 1 atom stereocenters. The summed E-state index contributed by atoms with van der Waals surface area (Å²) < 4.78 is 10.4. The van der Waals surface area contributed by atoms with E-state index in [1.807, 2.05) is 0 Å². The van der Waals surface area contributed by atoms with Gasteiger partial charge < -0.3 is 30.0 Å². The van der Waals surface area contributed by atoms with Crippen molar-refractivity contribution < 1.29 is 29.5 Å². The number of aliphatic carboxylic acids is 1. The maximum Gasteiger partial charge on any atom is 0.231 e. The average Bonchev–Trinajstić information content (AvgIpc) is 2.90. The maximum atomic E-state index is 11.9. The number of quaternary nitrogens is 1. The van der Waals surface area contributed by atoms with Crippen LogP contribution in [0.5, 0.6) is 11.5 Å². The van der Waals surface area contributed by atoms with Crippen LogP contribution in [0, 0.1) is 0 Å². The molecule has 0 bridgehead atoms. The number of amides is 1. The van der Waals surface area contributed by atoms with Crippen molar-refractivity contribution in [3.63, 3.8) is 0 Å². The standard InChI is InChI=1S/C14H16N2O5/c1-2-5-15-10(14(18)19)7-13(17)16-9-3-4-11-12(6-9)21-8-20-11/h2-4,6,10,15H,1,5,7-8H2,(H,16,17)(H,18,19)/t10-/m1/s1. The molecule has 21 heavy (non-hydrogen) atoms. The Labute approximate surface area is 121 Å². The normalized spacial score (nSPS) is 13.5. The van der Waals surface area contributed by atoms with Crippen molar-refractivity contribution in [2.75, 3.05) is 18.7 Å². The smallest absolute Gasteiger partial charge is 0.231 e. The molecule has 0 saturated heterocycles. The van der Waals surface area contributed by atoms with Crippen molar-refractivity contribution in [3.05, 3.63) is 30.9 Å². The molecule has 1 aliphatic heterocycles. The van der Waals surface area contributed by atoms with Crippen molar-refractivity contribution in [1.29, 1.82) is 0 Å². The number of rotatable bonds is 7. The average molecular weight is 292 g/mol. The van der Waals surface area contributed by atoms with Gasteiger partial charge in [0.15, 0.2) is 11.5 Å². The number of nitrogens with one attached hydrogen (secondary N) is 1. The van der Waals surface area contributed by atoms with Gasteiger partial charge in [0.05, 0.1) is 18.9 Å². The molecule has 3 N–H and O–H groups in total. The molecule has 0 unspecified atom stereocenters. The van der Waals surface area contributed by atoms with Crippen molar-refractivity contribution in [2.45, 2.75) is 12.5 Å². The second-order valence-electron chi connectivity index (χ2n) is 4.51. The quantitative estimate of drug-likeness (QED) is 0.602. The molecule has 0 aliphatic carbocycles. The molecule has 0 fully saturated rings. The van der Waals surface area contributed by atoms with E-state index in [1.165, 1.54) is 5.32 Å². The molecule has 0 radical (unpaired) electrons. The van der Waals surface area contributed by atoms with Gasteiger partial charge in [0.25, 0.3) is 0 Å². The first-order valence-electron chi connectivity index (χ1n) is 6.44. The summed E-state index contributed by atoms with van der Waals surface area (Å²) in [4.78, 5) is 22.8. The Morgan fingerprint density at radius 1 is 1.43 bits per heavy atom. The zero-order chi connectivity index (χ0) is 15.2. The minimum Gasteiger partial charge on any atom is -0.544 e. The number of anilines is 1. The lowest BCUT2D eigenvalue weighted by atomic mass is 10.2. The predicted octanol–water partition coefficient (Wildman–Crippen LogP) is -1.39. The van der Waals surface area contributed by atoms with Gasteiger partial charge in [-0.15, -0.1) is 0 Å². The van der Waals surface area contributed by atoms with Crippen LogP contribution in [-0.2, 0) is 9.59 Å². The van der Waals surface area contributed by atoms with Crippen molar-refractivity contribution in [1.82, 2.24) is 0 Å². The summed E-state index contributed by atoms with van der Waals surface area (Å²) in [5.74, 6) is -0.538. The topological polar surface area (TPSA) is 104 Å². The third-order valence-electron chi connectivity index (χ3n) is 2.95. The number of nitrogens with two attached hydrogens (primary N) is 1. The highest BCUT2D eigenvalue weighted by Crippen LogP contribution is 2.34. The highest BCUT2D eigenvalue weighted by molar-refractivity contribution is 5.93. The Hall–Kier alpha value is -2.54. The van der Waals surface area contributed by atoms with Crippen LogP contribution in [0.3, 0.4) is 0 Å². The number of benzene rings is 1. The van der Waals surface area contributed by atoms with Gasteiger partial charge in [-0.2, -0.15) is 0 Å². The van der Waals surface area contributed by atoms with Crippen LogP contribution in [0.25, 0.3) is 0 Å². The van der Waals surface area contributed by atoms with E-state index in [0.717, 1.165) is 0 Å². The van der Waals surface area contributed by atoms with E-state index in [1.54, 1.807) is 24.3 Å². The fourth-order valence-corrected chi connectivity index (χ4v) is 1.91. The van der Waals surface area contributed by atoms with Crippen LogP contribution in [0.1, 0.15) is 6.42 Å². The van der Waals surface area contributed by atoms with Gasteiger partial charge in [-0.05, 0) is 18.2 Å². The molecule has 1 aliphatic rings. The first kappa shape index (κ1) is 14.9. The summed E-state index contributed by atoms with van der Waals surface area (Å²) in [6.07, 6.45) is 1.37. The van der Waals surface area contributed by atoms with Crippen LogP contribution in [0.2, 0.25) is 0 Å². The van der Waals surface area contributed by atoms with E-state index in [0.29, 0.717) is 23.7 Å². The number of carbonyl (C=O) groups is 2. The van der Waals surface area contributed by atoms with Crippen molar-refractivity contribution in [2.24, 2.45) is 0 Å². The van der Waals surface area contributed by atoms with E-state index in [2.05, 4.69) is 11.9 Å². The number of hydrogen-bond acceptors (Lipinski definition) is 5. The highest BCUT2D eigenvalue weighted by atomic mass is 16.7. The monoisotopic (exact) mass is 292 g/mol. The first-order valence-corrected chi connectivity index (χ1v) is 6.44. The summed E-state index contributed by atoms with van der Waals surface area (Å²) in [5.41, 5.74) is 0.519. The van der Waals surface area contributed by atoms with Crippen LogP contribution in [0.15, 0.2) is 30.9 Å². The lowest BCUT2D eigenvalue weighted by Crippen LogP contribution is -2.93. The predicted molar refractivity (Wildman–Crippen MR) is 71.6 cm³/mol. The zero-order valence-corrected chi connectivity index (χ0v) is 11.3. The van der Waals surface area contributed by atoms with Gasteiger partial charge in [-0.1, -0.05) is 6.58 Å². The molecule has 2 rings (SSSR count). The fourth-order valence-electron chi connectivity index (χ4n) is 1.91. The largest absolute Gasteiger partial charge is 0.544 e. The van der Waals surface area contributed by atoms with Crippen LogP contribution in [-0.4, -0.2) is 31.3 Å². The van der Waals surface area contributed by atoms with E-state index in [-0.39, 0.29) is 13.2 Å². The minimum absolute atomic E-state index is 0.149. The minimum atomic E-state index is -1.28. The molecule has 1 aromatic carbocycles. The van der Waals surface area contributed by atoms with Gasteiger partial charge in [0.1, 0.15) is 6.04 Å². The Balaban J connectivity index is 1.94. The van der Waals surface area contributed by atoms with Gasteiger partial charge in [0.2, 0.25) is 12.7 Å². The molecule has 0 saturated carbocycles. The third-order valence-corrected chi connectivity index (χ3v) is 2.95. The molecular formula is C14H16N2O5. The van der Waals surface area contributed by atoms with Crippen molar-refractivity contribution >= 4 is 17.6 Å². The number of carbonyl (C=O) groups excluding carboxylic acids is 2. The zero-order valence-electron chi connectivity index (χ0n) is 11.3. The number of hydrogen-bond donors (Lipinski definition) is 2. The Bertz CT molecular complexity index is 558. The number of carboxylic acids is 1. The van der Waals surface area contributed by atoms with Gasteiger partial charge in [-0.3, -0.25) is 4.79 Å². The first-order chi connectivity index (χ1) is 10.1. The van der Waals surface area contributed by atoms with Gasteiger partial charge in [-0.25, -0.2) is 0 Å². The lowest BCUT2D eigenvalue weighted by molar-refractivity contribution is -0.674. The lowest BCUT2D eigenvalue weighted by Gasteiger charge is -2.15. The van der Waals surface area contributed by atoms with Crippen LogP contribution in [0.4, 0.5) is 5.69 Å².